The molecule has 0 aliphatic carbocycles. The molecule has 98 valence electrons. The smallest absolute Gasteiger partial charge is 0.258 e. The van der Waals surface area contributed by atoms with Gasteiger partial charge in [0.15, 0.2) is 0 Å². The van der Waals surface area contributed by atoms with Crippen LogP contribution in [-0.2, 0) is 19.2 Å². The van der Waals surface area contributed by atoms with E-state index in [1.807, 2.05) is 0 Å². The van der Waals surface area contributed by atoms with Gasteiger partial charge in [-0.1, -0.05) is 18.2 Å². The number of hydrogen-bond donors (Lipinski definition) is 1. The molecule has 0 bridgehead atoms. The van der Waals surface area contributed by atoms with Gasteiger partial charge in [0.25, 0.3) is 23.6 Å². The number of para-hydroxylation sites is 1. The zero-order valence-corrected chi connectivity index (χ0v) is 10.1. The van der Waals surface area contributed by atoms with Gasteiger partial charge in [0, 0.05) is 23.8 Å². The lowest BCUT2D eigenvalue weighted by atomic mass is 10.0. The van der Waals surface area contributed by atoms with Crippen molar-refractivity contribution in [2.24, 2.45) is 0 Å². The summed E-state index contributed by atoms with van der Waals surface area (Å²) in [5, 5.41) is 2.13. The summed E-state index contributed by atoms with van der Waals surface area (Å²) < 4.78 is 0. The molecule has 6 nitrogen and oxygen atoms in total. The van der Waals surface area contributed by atoms with E-state index in [2.05, 4.69) is 5.32 Å². The maximum Gasteiger partial charge on any atom is 0.258 e. The first-order valence-corrected chi connectivity index (χ1v) is 5.80. The molecule has 2 heterocycles. The molecule has 0 atom stereocenters. The third kappa shape index (κ3) is 1.74. The normalized spacial score (nSPS) is 17.8. The topological polar surface area (TPSA) is 83.6 Å². The zero-order valence-electron chi connectivity index (χ0n) is 10.1. The molecular weight excluding hydrogens is 260 g/mol. The van der Waals surface area contributed by atoms with Crippen molar-refractivity contribution >= 4 is 34.9 Å². The van der Waals surface area contributed by atoms with Crippen molar-refractivity contribution in [3.05, 3.63) is 48.1 Å². The summed E-state index contributed by atoms with van der Waals surface area (Å²) >= 11 is 0. The summed E-state index contributed by atoms with van der Waals surface area (Å²) in [4.78, 5) is 47.4. The van der Waals surface area contributed by atoms with E-state index >= 15 is 0 Å². The van der Waals surface area contributed by atoms with Gasteiger partial charge in [0.05, 0.1) is 11.3 Å². The molecular formula is C14H8N2O4. The van der Waals surface area contributed by atoms with Crippen LogP contribution in [0.2, 0.25) is 0 Å². The molecule has 3 rings (SSSR count). The molecule has 2 aliphatic rings. The average molecular weight is 268 g/mol. The van der Waals surface area contributed by atoms with Crippen LogP contribution in [0.4, 0.5) is 5.69 Å². The minimum Gasteiger partial charge on any atom is -0.289 e. The molecule has 4 amide bonds. The number of hydrogen-bond acceptors (Lipinski definition) is 4. The van der Waals surface area contributed by atoms with Crippen LogP contribution >= 0.6 is 0 Å². The number of benzene rings is 1. The van der Waals surface area contributed by atoms with Crippen molar-refractivity contribution in [1.82, 2.24) is 5.32 Å². The van der Waals surface area contributed by atoms with Crippen molar-refractivity contribution in [2.75, 3.05) is 4.90 Å². The van der Waals surface area contributed by atoms with Gasteiger partial charge in [0.1, 0.15) is 0 Å². The van der Waals surface area contributed by atoms with Crippen molar-refractivity contribution < 1.29 is 19.2 Å². The summed E-state index contributed by atoms with van der Waals surface area (Å²) in [7, 11) is 0. The number of nitrogens with one attached hydrogen (secondary N) is 1. The second-order valence-corrected chi connectivity index (χ2v) is 4.24. The number of amides is 4. The van der Waals surface area contributed by atoms with Gasteiger partial charge >= 0.3 is 0 Å². The fourth-order valence-electron chi connectivity index (χ4n) is 2.15. The van der Waals surface area contributed by atoms with E-state index < -0.39 is 23.6 Å². The van der Waals surface area contributed by atoms with Crippen LogP contribution in [0.5, 0.6) is 0 Å². The van der Waals surface area contributed by atoms with E-state index in [9.17, 15) is 19.2 Å². The van der Waals surface area contributed by atoms with Gasteiger partial charge in [-0.05, 0) is 6.07 Å². The Morgan fingerprint density at radius 1 is 0.900 bits per heavy atom. The molecule has 1 aromatic rings. The Balaban J connectivity index is 2.13. The fourth-order valence-corrected chi connectivity index (χ4v) is 2.15. The molecule has 1 N–H and O–H groups in total. The van der Waals surface area contributed by atoms with E-state index in [0.29, 0.717) is 5.56 Å². The van der Waals surface area contributed by atoms with E-state index in [1.165, 1.54) is 0 Å². The summed E-state index contributed by atoms with van der Waals surface area (Å²) in [6.07, 6.45) is 3.47. The van der Waals surface area contributed by atoms with Gasteiger partial charge in [-0.25, -0.2) is 4.90 Å². The van der Waals surface area contributed by atoms with Crippen LogP contribution in [0.25, 0.3) is 5.57 Å². The molecule has 20 heavy (non-hydrogen) atoms. The number of carbonyl (C=O) groups excluding carboxylic acids is 4. The van der Waals surface area contributed by atoms with Crippen LogP contribution in [0, 0.1) is 0 Å². The minimum absolute atomic E-state index is 0.137. The fraction of sp³-hybridized carbons (Fsp3) is 0. The molecule has 0 aromatic heterocycles. The van der Waals surface area contributed by atoms with Gasteiger partial charge < -0.3 is 0 Å². The number of rotatable bonds is 2. The standard InChI is InChI=1S/C14H8N2O4/c17-11-7-9(14(20)15-11)8-3-1-2-4-10(8)16-12(18)5-6-13(16)19/h1-7H,(H,15,17,20). The maximum absolute atomic E-state index is 11.7. The Morgan fingerprint density at radius 2 is 1.55 bits per heavy atom. The minimum atomic E-state index is -0.547. The van der Waals surface area contributed by atoms with Crippen LogP contribution in [-0.4, -0.2) is 23.6 Å². The average Bonchev–Trinajstić information content (AvgIpc) is 2.92. The van der Waals surface area contributed by atoms with Crippen LogP contribution in [0.1, 0.15) is 5.56 Å². The Hall–Kier alpha value is -3.02. The summed E-state index contributed by atoms with van der Waals surface area (Å²) in [5.74, 6) is -2.02. The van der Waals surface area contributed by atoms with E-state index in [1.54, 1.807) is 24.3 Å². The zero-order chi connectivity index (χ0) is 14.3. The lowest BCUT2D eigenvalue weighted by Gasteiger charge is -2.17. The molecule has 0 saturated heterocycles. The van der Waals surface area contributed by atoms with E-state index in [0.717, 1.165) is 23.1 Å². The van der Waals surface area contributed by atoms with Crippen molar-refractivity contribution in [3.8, 4) is 0 Å². The van der Waals surface area contributed by atoms with Crippen LogP contribution in [0.3, 0.4) is 0 Å². The first-order chi connectivity index (χ1) is 9.58. The Kier molecular flexibility index (Phi) is 2.57. The van der Waals surface area contributed by atoms with Gasteiger partial charge in [-0.15, -0.1) is 0 Å². The largest absolute Gasteiger partial charge is 0.289 e. The number of imide groups is 2. The summed E-state index contributed by atoms with van der Waals surface area (Å²) in [5.41, 5.74) is 0.781. The number of anilines is 1. The highest BCUT2D eigenvalue weighted by molar-refractivity contribution is 6.36. The first-order valence-electron chi connectivity index (χ1n) is 5.80. The van der Waals surface area contributed by atoms with Gasteiger partial charge in [0.2, 0.25) is 0 Å². The number of nitrogens with zero attached hydrogens (tertiary/aromatic N) is 1. The molecule has 0 saturated carbocycles. The molecule has 6 heteroatoms. The van der Waals surface area contributed by atoms with E-state index in [-0.39, 0.29) is 11.3 Å². The second-order valence-electron chi connectivity index (χ2n) is 4.24. The molecule has 0 radical (unpaired) electrons. The molecule has 0 unspecified atom stereocenters. The molecule has 2 aliphatic heterocycles. The third-order valence-electron chi connectivity index (χ3n) is 3.00. The van der Waals surface area contributed by atoms with Crippen molar-refractivity contribution in [2.45, 2.75) is 0 Å². The lowest BCUT2D eigenvalue weighted by Crippen LogP contribution is -2.30. The van der Waals surface area contributed by atoms with Gasteiger partial charge in [-0.2, -0.15) is 0 Å². The molecule has 0 fully saturated rings. The Morgan fingerprint density at radius 3 is 2.15 bits per heavy atom. The van der Waals surface area contributed by atoms with Crippen LogP contribution < -0.4 is 10.2 Å². The maximum atomic E-state index is 11.7. The molecule has 0 spiro atoms. The Labute approximate surface area is 113 Å². The summed E-state index contributed by atoms with van der Waals surface area (Å²) in [6.45, 7) is 0. The highest BCUT2D eigenvalue weighted by Gasteiger charge is 2.31. The first kappa shape index (κ1) is 12.0. The second kappa shape index (κ2) is 4.27. The third-order valence-corrected chi connectivity index (χ3v) is 3.00. The summed E-state index contributed by atoms with van der Waals surface area (Å²) in [6, 6.07) is 6.44. The Bertz CT molecular complexity index is 712. The monoisotopic (exact) mass is 268 g/mol. The van der Waals surface area contributed by atoms with Crippen molar-refractivity contribution in [1.29, 1.82) is 0 Å². The van der Waals surface area contributed by atoms with E-state index in [4.69, 9.17) is 0 Å². The highest BCUT2D eigenvalue weighted by Crippen LogP contribution is 2.30. The predicted molar refractivity (Wildman–Crippen MR) is 69.2 cm³/mol. The SMILES string of the molecule is O=C1C=C(c2ccccc2N2C(=O)C=CC2=O)C(=O)N1. The number of carbonyl (C=O) groups is 4. The van der Waals surface area contributed by atoms with Gasteiger partial charge in [-0.3, -0.25) is 24.5 Å². The van der Waals surface area contributed by atoms with Crippen molar-refractivity contribution in [3.63, 3.8) is 0 Å². The molecule has 1 aromatic carbocycles. The highest BCUT2D eigenvalue weighted by atomic mass is 16.2. The predicted octanol–water partition coefficient (Wildman–Crippen LogP) is 0.156. The quantitative estimate of drug-likeness (QED) is 0.774. The van der Waals surface area contributed by atoms with Crippen LogP contribution in [0.15, 0.2) is 42.5 Å². The lowest BCUT2D eigenvalue weighted by molar-refractivity contribution is -0.123.